The summed E-state index contributed by atoms with van der Waals surface area (Å²) < 4.78 is 27.2. The van der Waals surface area contributed by atoms with E-state index in [1.807, 2.05) is 25.9 Å². The van der Waals surface area contributed by atoms with Crippen molar-refractivity contribution in [1.29, 1.82) is 0 Å². The number of nitrogens with one attached hydrogen (secondary N) is 1. The first-order valence-electron chi connectivity index (χ1n) is 6.40. The molecule has 1 aromatic carbocycles. The molecule has 0 aliphatic carbocycles. The van der Waals surface area contributed by atoms with Crippen LogP contribution in [0.15, 0.2) is 23.1 Å². The fourth-order valence-corrected chi connectivity index (χ4v) is 3.59. The molecule has 3 N–H and O–H groups in total. The Hall–Kier alpha value is -0.730. The van der Waals surface area contributed by atoms with Gasteiger partial charge in [-0.3, -0.25) is 0 Å². The second kappa shape index (κ2) is 7.51. The molecule has 0 spiro atoms. The van der Waals surface area contributed by atoms with Crippen LogP contribution in [-0.2, 0) is 10.0 Å². The van der Waals surface area contributed by atoms with Gasteiger partial charge in [0.2, 0.25) is 10.0 Å². The lowest BCUT2D eigenvalue weighted by Crippen LogP contribution is -2.34. The summed E-state index contributed by atoms with van der Waals surface area (Å²) in [6, 6.07) is 4.15. The molecular formula is C13H20ClN3O2S2. The SMILES string of the molecule is CC(CCN(C)C)NS(=O)(=O)c1ccc(C(N)=S)c(Cl)c1. The van der Waals surface area contributed by atoms with E-state index in [4.69, 9.17) is 29.6 Å². The Balaban J connectivity index is 2.88. The normalized spacial score (nSPS) is 13.4. The molecule has 0 heterocycles. The summed E-state index contributed by atoms with van der Waals surface area (Å²) in [5, 5.41) is 0.228. The highest BCUT2D eigenvalue weighted by atomic mass is 35.5. The monoisotopic (exact) mass is 349 g/mol. The zero-order chi connectivity index (χ0) is 16.2. The number of hydrogen-bond donors (Lipinski definition) is 2. The highest BCUT2D eigenvalue weighted by Crippen LogP contribution is 2.21. The summed E-state index contributed by atoms with van der Waals surface area (Å²) in [7, 11) is 0.270. The van der Waals surface area contributed by atoms with Gasteiger partial charge in [0.15, 0.2) is 0 Å². The predicted molar refractivity (Wildman–Crippen MR) is 90.3 cm³/mol. The minimum Gasteiger partial charge on any atom is -0.389 e. The van der Waals surface area contributed by atoms with E-state index in [1.165, 1.54) is 18.2 Å². The quantitative estimate of drug-likeness (QED) is 0.731. The molecule has 5 nitrogen and oxygen atoms in total. The lowest BCUT2D eigenvalue weighted by Gasteiger charge is -2.17. The Morgan fingerprint density at radius 2 is 2.10 bits per heavy atom. The van der Waals surface area contributed by atoms with E-state index in [2.05, 4.69) is 4.72 Å². The van der Waals surface area contributed by atoms with E-state index < -0.39 is 10.0 Å². The predicted octanol–water partition coefficient (Wildman–Crippen LogP) is 1.59. The number of hydrogen-bond acceptors (Lipinski definition) is 4. The first-order chi connectivity index (χ1) is 9.63. The number of rotatable bonds is 7. The largest absolute Gasteiger partial charge is 0.389 e. The first kappa shape index (κ1) is 18.3. The Bertz CT molecular complexity index is 618. The van der Waals surface area contributed by atoms with E-state index in [1.54, 1.807) is 0 Å². The average molecular weight is 350 g/mol. The van der Waals surface area contributed by atoms with E-state index in [0.29, 0.717) is 12.0 Å². The number of nitrogens with two attached hydrogens (primary N) is 1. The molecule has 21 heavy (non-hydrogen) atoms. The van der Waals surface area contributed by atoms with E-state index in [9.17, 15) is 8.42 Å². The fraction of sp³-hybridized carbons (Fsp3) is 0.462. The van der Waals surface area contributed by atoms with Gasteiger partial charge in [0.05, 0.1) is 9.92 Å². The topological polar surface area (TPSA) is 75.4 Å². The smallest absolute Gasteiger partial charge is 0.240 e. The maximum absolute atomic E-state index is 12.3. The van der Waals surface area contributed by atoms with Gasteiger partial charge < -0.3 is 10.6 Å². The summed E-state index contributed by atoms with van der Waals surface area (Å²) in [4.78, 5) is 2.24. The highest BCUT2D eigenvalue weighted by molar-refractivity contribution is 7.89. The Labute approximate surface area is 136 Å². The van der Waals surface area contributed by atoms with Crippen LogP contribution in [0, 0.1) is 0 Å². The average Bonchev–Trinajstić information content (AvgIpc) is 2.35. The lowest BCUT2D eigenvalue weighted by atomic mass is 10.2. The number of thiocarbonyl (C=S) groups is 1. The van der Waals surface area contributed by atoms with Gasteiger partial charge in [-0.2, -0.15) is 0 Å². The first-order valence-corrected chi connectivity index (χ1v) is 8.67. The van der Waals surface area contributed by atoms with Crippen LogP contribution in [0.5, 0.6) is 0 Å². The van der Waals surface area contributed by atoms with Gasteiger partial charge in [0.1, 0.15) is 4.99 Å². The van der Waals surface area contributed by atoms with Crippen molar-refractivity contribution in [2.45, 2.75) is 24.3 Å². The number of benzene rings is 1. The Kier molecular flexibility index (Phi) is 6.55. The van der Waals surface area contributed by atoms with Crippen molar-refractivity contribution in [3.63, 3.8) is 0 Å². The maximum Gasteiger partial charge on any atom is 0.240 e. The van der Waals surface area contributed by atoms with Gasteiger partial charge in [-0.1, -0.05) is 23.8 Å². The van der Waals surface area contributed by atoms with E-state index in [-0.39, 0.29) is 20.9 Å². The summed E-state index contributed by atoms with van der Waals surface area (Å²) in [6.07, 6.45) is 0.713. The second-order valence-electron chi connectivity index (χ2n) is 5.12. The van der Waals surface area contributed by atoms with Gasteiger partial charge >= 0.3 is 0 Å². The van der Waals surface area contributed by atoms with Crippen molar-refractivity contribution in [2.75, 3.05) is 20.6 Å². The molecule has 0 radical (unpaired) electrons. The molecule has 1 unspecified atom stereocenters. The summed E-state index contributed by atoms with van der Waals surface area (Å²) >= 11 is 10.8. The lowest BCUT2D eigenvalue weighted by molar-refractivity contribution is 0.379. The molecule has 0 aliphatic rings. The number of sulfonamides is 1. The van der Waals surface area contributed by atoms with Gasteiger partial charge in [0, 0.05) is 11.6 Å². The minimum absolute atomic E-state index is 0.101. The van der Waals surface area contributed by atoms with Crippen molar-refractivity contribution in [2.24, 2.45) is 5.73 Å². The van der Waals surface area contributed by atoms with Crippen molar-refractivity contribution in [3.8, 4) is 0 Å². The summed E-state index contributed by atoms with van der Waals surface area (Å²) in [6.45, 7) is 2.62. The van der Waals surface area contributed by atoms with Crippen LogP contribution in [0.25, 0.3) is 0 Å². The highest BCUT2D eigenvalue weighted by Gasteiger charge is 2.19. The zero-order valence-corrected chi connectivity index (χ0v) is 14.6. The molecule has 8 heteroatoms. The number of nitrogens with zero attached hydrogens (tertiary/aromatic N) is 1. The van der Waals surface area contributed by atoms with E-state index in [0.717, 1.165) is 6.54 Å². The molecule has 0 amide bonds. The molecule has 0 fully saturated rings. The molecule has 0 aliphatic heterocycles. The molecule has 1 atom stereocenters. The molecule has 118 valence electrons. The van der Waals surface area contributed by atoms with Crippen molar-refractivity contribution in [3.05, 3.63) is 28.8 Å². The molecule has 1 aromatic rings. The van der Waals surface area contributed by atoms with Crippen LogP contribution in [0.4, 0.5) is 0 Å². The summed E-state index contributed by atoms with van der Waals surface area (Å²) in [5.41, 5.74) is 5.96. The van der Waals surface area contributed by atoms with Gasteiger partial charge in [-0.15, -0.1) is 0 Å². The van der Waals surface area contributed by atoms with Crippen LogP contribution in [0.1, 0.15) is 18.9 Å². The van der Waals surface area contributed by atoms with Gasteiger partial charge in [0.25, 0.3) is 0 Å². The molecule has 0 bridgehead atoms. The molecule has 0 saturated carbocycles. The zero-order valence-electron chi connectivity index (χ0n) is 12.3. The molecule has 1 rings (SSSR count). The Morgan fingerprint density at radius 3 is 2.57 bits per heavy atom. The van der Waals surface area contributed by atoms with Crippen LogP contribution < -0.4 is 10.5 Å². The number of halogens is 1. The van der Waals surface area contributed by atoms with Crippen LogP contribution in [0.3, 0.4) is 0 Å². The van der Waals surface area contributed by atoms with Crippen molar-refractivity contribution >= 4 is 38.8 Å². The maximum atomic E-state index is 12.3. The minimum atomic E-state index is -3.61. The third-order valence-corrected chi connectivity index (χ3v) is 5.00. The third-order valence-electron chi connectivity index (χ3n) is 2.88. The van der Waals surface area contributed by atoms with Crippen molar-refractivity contribution in [1.82, 2.24) is 9.62 Å². The van der Waals surface area contributed by atoms with Gasteiger partial charge in [-0.05, 0) is 52.2 Å². The molecule has 0 aromatic heterocycles. The van der Waals surface area contributed by atoms with Crippen molar-refractivity contribution < 1.29 is 8.42 Å². The van der Waals surface area contributed by atoms with Crippen LogP contribution >= 0.6 is 23.8 Å². The Morgan fingerprint density at radius 1 is 1.48 bits per heavy atom. The van der Waals surface area contributed by atoms with E-state index >= 15 is 0 Å². The molecule has 0 saturated heterocycles. The molecular weight excluding hydrogens is 330 g/mol. The second-order valence-corrected chi connectivity index (χ2v) is 7.68. The van der Waals surface area contributed by atoms with Crippen LogP contribution in [0.2, 0.25) is 5.02 Å². The van der Waals surface area contributed by atoms with Gasteiger partial charge in [-0.25, -0.2) is 13.1 Å². The third kappa shape index (κ3) is 5.52. The fourth-order valence-electron chi connectivity index (χ4n) is 1.71. The van der Waals surface area contributed by atoms with Crippen LogP contribution in [-0.4, -0.2) is 45.0 Å². The standard InChI is InChI=1S/C13H20ClN3O2S2/c1-9(6-7-17(2)3)16-21(18,19)10-4-5-11(13(15)20)12(14)8-10/h4-5,8-9,16H,6-7H2,1-3H3,(H2,15,20). The summed E-state index contributed by atoms with van der Waals surface area (Å²) in [5.74, 6) is 0.